The van der Waals surface area contributed by atoms with Gasteiger partial charge in [0.2, 0.25) is 0 Å². The third-order valence-electron chi connectivity index (χ3n) is 2.89. The second-order valence-electron chi connectivity index (χ2n) is 4.24. The summed E-state index contributed by atoms with van der Waals surface area (Å²) in [6.07, 6.45) is -0.151. The van der Waals surface area contributed by atoms with Gasteiger partial charge in [-0.15, -0.1) is 0 Å². The summed E-state index contributed by atoms with van der Waals surface area (Å²) in [5, 5.41) is 0. The van der Waals surface area contributed by atoms with Crippen LogP contribution in [0.2, 0.25) is 0 Å². The Hall–Kier alpha value is -2.04. The van der Waals surface area contributed by atoms with Crippen LogP contribution in [0.15, 0.2) is 24.3 Å². The number of carbonyl (C=O) groups is 3. The van der Waals surface area contributed by atoms with E-state index in [1.54, 1.807) is 12.1 Å². The Morgan fingerprint density at radius 3 is 2.11 bits per heavy atom. The number of rotatable bonds is 4. The van der Waals surface area contributed by atoms with Crippen molar-refractivity contribution in [2.24, 2.45) is 0 Å². The number of amides is 2. The molecule has 1 aliphatic rings. The number of benzene rings is 1. The Kier molecular flexibility index (Phi) is 3.23. The molecule has 1 aromatic carbocycles. The molecule has 0 N–H and O–H groups in total. The van der Waals surface area contributed by atoms with Crippen LogP contribution in [-0.2, 0) is 4.79 Å². The predicted molar refractivity (Wildman–Crippen MR) is 62.0 cm³/mol. The molecule has 4 nitrogen and oxygen atoms in total. The quantitative estimate of drug-likeness (QED) is 0.761. The lowest BCUT2D eigenvalue weighted by atomic mass is 10.1. The van der Waals surface area contributed by atoms with E-state index in [1.807, 2.05) is 0 Å². The lowest BCUT2D eigenvalue weighted by molar-refractivity contribution is -0.117. The SMILES string of the molecule is CC(=O)C[C@@H](CF)N1C(=O)c2ccccc2C1=O. The molecule has 2 amide bonds. The number of hydrogen-bond acceptors (Lipinski definition) is 3. The van der Waals surface area contributed by atoms with E-state index in [4.69, 9.17) is 0 Å². The zero-order chi connectivity index (χ0) is 13.3. The van der Waals surface area contributed by atoms with E-state index in [9.17, 15) is 18.8 Å². The molecule has 1 aromatic rings. The number of Topliss-reactive ketones (excluding diaryl/α,β-unsaturated/α-hetero) is 1. The summed E-state index contributed by atoms with van der Waals surface area (Å²) in [6, 6.07) is 5.33. The van der Waals surface area contributed by atoms with E-state index in [0.29, 0.717) is 0 Å². The predicted octanol–water partition coefficient (Wildman–Crippen LogP) is 1.60. The molecule has 0 fully saturated rings. The van der Waals surface area contributed by atoms with Crippen LogP contribution in [0.1, 0.15) is 34.1 Å². The maximum absolute atomic E-state index is 12.9. The smallest absolute Gasteiger partial charge is 0.261 e. The van der Waals surface area contributed by atoms with Gasteiger partial charge in [0.15, 0.2) is 0 Å². The standard InChI is InChI=1S/C13H12FNO3/c1-8(16)6-9(7-14)15-12(17)10-4-2-3-5-11(10)13(15)18/h2-5,9H,6-7H2,1H3/t9-/m0/s1. The van der Waals surface area contributed by atoms with Gasteiger partial charge >= 0.3 is 0 Å². The summed E-state index contributed by atoms with van der Waals surface area (Å²) < 4.78 is 12.9. The number of ketones is 1. The number of nitrogens with zero attached hydrogens (tertiary/aromatic N) is 1. The van der Waals surface area contributed by atoms with E-state index in [2.05, 4.69) is 0 Å². The number of fused-ring (bicyclic) bond motifs is 1. The zero-order valence-electron chi connectivity index (χ0n) is 9.85. The van der Waals surface area contributed by atoms with Crippen LogP contribution in [0, 0.1) is 0 Å². The van der Waals surface area contributed by atoms with Crippen LogP contribution in [0.3, 0.4) is 0 Å². The van der Waals surface area contributed by atoms with Crippen molar-refractivity contribution in [1.29, 1.82) is 0 Å². The average Bonchev–Trinajstić information content (AvgIpc) is 2.60. The van der Waals surface area contributed by atoms with Crippen molar-refractivity contribution in [2.45, 2.75) is 19.4 Å². The van der Waals surface area contributed by atoms with E-state index < -0.39 is 24.5 Å². The van der Waals surface area contributed by atoms with Gasteiger partial charge in [-0.1, -0.05) is 12.1 Å². The fourth-order valence-corrected chi connectivity index (χ4v) is 2.09. The second kappa shape index (κ2) is 4.68. The minimum Gasteiger partial charge on any atom is -0.300 e. The van der Waals surface area contributed by atoms with Crippen molar-refractivity contribution in [2.75, 3.05) is 6.67 Å². The molecule has 1 aliphatic heterocycles. The molecule has 0 aromatic heterocycles. The lowest BCUT2D eigenvalue weighted by Gasteiger charge is -2.22. The summed E-state index contributed by atoms with van der Waals surface area (Å²) in [4.78, 5) is 35.9. The van der Waals surface area contributed by atoms with Gasteiger partial charge in [-0.05, 0) is 19.1 Å². The number of hydrogen-bond donors (Lipinski definition) is 0. The van der Waals surface area contributed by atoms with Gasteiger partial charge in [-0.3, -0.25) is 19.3 Å². The number of carbonyl (C=O) groups excluding carboxylic acids is 3. The maximum Gasteiger partial charge on any atom is 0.261 e. The van der Waals surface area contributed by atoms with Gasteiger partial charge in [-0.25, -0.2) is 4.39 Å². The third kappa shape index (κ3) is 1.92. The first-order valence-electron chi connectivity index (χ1n) is 5.58. The minimum atomic E-state index is -1.00. The molecule has 94 valence electrons. The summed E-state index contributed by atoms with van der Waals surface area (Å²) in [7, 11) is 0. The molecule has 1 atom stereocenters. The van der Waals surface area contributed by atoms with Crippen molar-refractivity contribution in [3.63, 3.8) is 0 Å². The van der Waals surface area contributed by atoms with Crippen LogP contribution in [0.25, 0.3) is 0 Å². The molecule has 5 heteroatoms. The van der Waals surface area contributed by atoms with Crippen LogP contribution in [0.5, 0.6) is 0 Å². The Balaban J connectivity index is 2.35. The summed E-state index contributed by atoms with van der Waals surface area (Å²) >= 11 is 0. The van der Waals surface area contributed by atoms with Crippen molar-refractivity contribution in [1.82, 2.24) is 4.90 Å². The molecule has 1 heterocycles. The molecule has 0 bridgehead atoms. The van der Waals surface area contributed by atoms with Gasteiger partial charge in [-0.2, -0.15) is 0 Å². The lowest BCUT2D eigenvalue weighted by Crippen LogP contribution is -2.42. The van der Waals surface area contributed by atoms with Crippen molar-refractivity contribution < 1.29 is 18.8 Å². The molecule has 0 aliphatic carbocycles. The first-order chi connectivity index (χ1) is 8.56. The first-order valence-corrected chi connectivity index (χ1v) is 5.58. The molecule has 0 saturated carbocycles. The zero-order valence-corrected chi connectivity index (χ0v) is 9.85. The van der Waals surface area contributed by atoms with Crippen LogP contribution < -0.4 is 0 Å². The van der Waals surface area contributed by atoms with Gasteiger partial charge < -0.3 is 0 Å². The van der Waals surface area contributed by atoms with E-state index >= 15 is 0 Å². The van der Waals surface area contributed by atoms with Crippen molar-refractivity contribution in [3.05, 3.63) is 35.4 Å². The Labute approximate surface area is 103 Å². The minimum absolute atomic E-state index is 0.151. The largest absolute Gasteiger partial charge is 0.300 e. The monoisotopic (exact) mass is 249 g/mol. The molecule has 0 unspecified atom stereocenters. The highest BCUT2D eigenvalue weighted by Crippen LogP contribution is 2.25. The van der Waals surface area contributed by atoms with Crippen LogP contribution >= 0.6 is 0 Å². The molecular weight excluding hydrogens is 237 g/mol. The third-order valence-corrected chi connectivity index (χ3v) is 2.89. The normalized spacial score (nSPS) is 15.8. The topological polar surface area (TPSA) is 54.5 Å². The molecule has 18 heavy (non-hydrogen) atoms. The van der Waals surface area contributed by atoms with Crippen molar-refractivity contribution >= 4 is 17.6 Å². The van der Waals surface area contributed by atoms with E-state index in [-0.39, 0.29) is 23.3 Å². The summed E-state index contributed by atoms with van der Waals surface area (Å²) in [5.41, 5.74) is 0.536. The van der Waals surface area contributed by atoms with Gasteiger partial charge in [0.25, 0.3) is 11.8 Å². The number of alkyl halides is 1. The number of halogens is 1. The maximum atomic E-state index is 12.9. The molecule has 2 rings (SSSR count). The van der Waals surface area contributed by atoms with E-state index in [0.717, 1.165) is 4.90 Å². The number of imide groups is 1. The second-order valence-corrected chi connectivity index (χ2v) is 4.24. The van der Waals surface area contributed by atoms with Crippen LogP contribution in [0.4, 0.5) is 4.39 Å². The van der Waals surface area contributed by atoms with Crippen LogP contribution in [-0.4, -0.2) is 35.2 Å². The molecule has 0 saturated heterocycles. The summed E-state index contributed by atoms with van der Waals surface area (Å²) in [5.74, 6) is -1.31. The fourth-order valence-electron chi connectivity index (χ4n) is 2.09. The highest BCUT2D eigenvalue weighted by Gasteiger charge is 2.39. The highest BCUT2D eigenvalue weighted by atomic mass is 19.1. The molecular formula is C13H12FNO3. The Bertz CT molecular complexity index is 492. The Morgan fingerprint density at radius 2 is 1.72 bits per heavy atom. The fraction of sp³-hybridized carbons (Fsp3) is 0.308. The highest BCUT2D eigenvalue weighted by molar-refractivity contribution is 6.21. The van der Waals surface area contributed by atoms with Gasteiger partial charge in [0, 0.05) is 6.42 Å². The van der Waals surface area contributed by atoms with Gasteiger partial charge in [0.1, 0.15) is 12.5 Å². The first kappa shape index (κ1) is 12.4. The molecule has 0 spiro atoms. The average molecular weight is 249 g/mol. The van der Waals surface area contributed by atoms with E-state index in [1.165, 1.54) is 19.1 Å². The Morgan fingerprint density at radius 1 is 1.22 bits per heavy atom. The summed E-state index contributed by atoms with van der Waals surface area (Å²) in [6.45, 7) is 0.395. The van der Waals surface area contributed by atoms with Crippen molar-refractivity contribution in [3.8, 4) is 0 Å². The molecule has 0 radical (unpaired) electrons. The van der Waals surface area contributed by atoms with Gasteiger partial charge in [0.05, 0.1) is 17.2 Å².